The van der Waals surface area contributed by atoms with Gasteiger partial charge in [0.05, 0.1) is 17.3 Å². The Hall–Kier alpha value is -0.920. The molecule has 0 aromatic carbocycles. The first-order valence-corrected chi connectivity index (χ1v) is 5.20. The molecule has 0 aliphatic heterocycles. The Bertz CT molecular complexity index is 357. The lowest BCUT2D eigenvalue weighted by Crippen LogP contribution is -2.10. The first kappa shape index (κ1) is 11.2. The minimum Gasteiger partial charge on any atom is -0.378 e. The number of hydrogen-bond donors (Lipinski definition) is 0. The van der Waals surface area contributed by atoms with E-state index in [1.54, 1.807) is 7.11 Å². The zero-order chi connectivity index (χ0) is 10.8. The number of methoxy groups -OCH3 is 1. The van der Waals surface area contributed by atoms with Crippen molar-refractivity contribution in [2.75, 3.05) is 7.11 Å². The van der Waals surface area contributed by atoms with Crippen LogP contribution in [0.2, 0.25) is 0 Å². The van der Waals surface area contributed by atoms with Crippen molar-refractivity contribution in [3.8, 4) is 6.07 Å². The van der Waals surface area contributed by atoms with Crippen LogP contribution < -0.4 is 0 Å². The van der Waals surface area contributed by atoms with E-state index in [0.29, 0.717) is 11.5 Å². The average Bonchev–Trinajstić information content (AvgIpc) is 2.47. The van der Waals surface area contributed by atoms with Crippen LogP contribution in [0.15, 0.2) is 0 Å². The van der Waals surface area contributed by atoms with Crippen LogP contribution in [0.3, 0.4) is 0 Å². The molecule has 1 heterocycles. The van der Waals surface area contributed by atoms with Crippen molar-refractivity contribution in [2.24, 2.45) is 0 Å². The zero-order valence-electron chi connectivity index (χ0n) is 8.92. The van der Waals surface area contributed by atoms with Gasteiger partial charge in [-0.05, 0) is 0 Å². The van der Waals surface area contributed by atoms with Crippen molar-refractivity contribution in [1.82, 2.24) is 4.98 Å². The quantitative estimate of drug-likeness (QED) is 0.753. The topological polar surface area (TPSA) is 45.9 Å². The van der Waals surface area contributed by atoms with Gasteiger partial charge < -0.3 is 4.74 Å². The fraction of sp³-hybridized carbons (Fsp3) is 0.600. The second kappa shape index (κ2) is 4.07. The molecule has 0 aliphatic rings. The molecule has 76 valence electrons. The van der Waals surface area contributed by atoms with Gasteiger partial charge >= 0.3 is 0 Å². The van der Waals surface area contributed by atoms with Gasteiger partial charge in [0.15, 0.2) is 0 Å². The largest absolute Gasteiger partial charge is 0.378 e. The molecular weight excluding hydrogens is 196 g/mol. The highest BCUT2D eigenvalue weighted by Crippen LogP contribution is 2.29. The van der Waals surface area contributed by atoms with Crippen molar-refractivity contribution in [2.45, 2.75) is 32.8 Å². The summed E-state index contributed by atoms with van der Waals surface area (Å²) in [5.41, 5.74) is 0.757. The molecule has 0 saturated heterocycles. The Morgan fingerprint density at radius 2 is 2.14 bits per heavy atom. The summed E-state index contributed by atoms with van der Waals surface area (Å²) in [5, 5.41) is 9.88. The summed E-state index contributed by atoms with van der Waals surface area (Å²) in [6.07, 6.45) is 0. The maximum absolute atomic E-state index is 8.89. The average molecular weight is 210 g/mol. The summed E-state index contributed by atoms with van der Waals surface area (Å²) < 4.78 is 4.99. The minimum absolute atomic E-state index is 0.00224. The molecule has 1 rings (SSSR count). The van der Waals surface area contributed by atoms with E-state index >= 15 is 0 Å². The van der Waals surface area contributed by atoms with E-state index in [1.807, 2.05) is 0 Å². The third-order valence-electron chi connectivity index (χ3n) is 1.72. The number of hydrogen-bond acceptors (Lipinski definition) is 4. The molecule has 0 atom stereocenters. The van der Waals surface area contributed by atoms with Crippen LogP contribution >= 0.6 is 11.3 Å². The summed E-state index contributed by atoms with van der Waals surface area (Å²) in [5.74, 6) is 0. The first-order chi connectivity index (χ1) is 6.49. The van der Waals surface area contributed by atoms with Crippen LogP contribution in [0.1, 0.15) is 36.3 Å². The second-order valence-corrected chi connectivity index (χ2v) is 5.09. The first-order valence-electron chi connectivity index (χ1n) is 4.38. The molecule has 0 N–H and O–H groups in total. The zero-order valence-corrected chi connectivity index (χ0v) is 9.73. The maximum Gasteiger partial charge on any atom is 0.130 e. The monoisotopic (exact) mass is 210 g/mol. The van der Waals surface area contributed by atoms with E-state index in [0.717, 1.165) is 10.7 Å². The number of aromatic nitrogens is 1. The van der Waals surface area contributed by atoms with E-state index in [2.05, 4.69) is 31.8 Å². The standard InChI is InChI=1S/C10H14N2OS/c1-10(2,3)9-12-7(6-13-4)8(5-11)14-9/h6H2,1-4H3. The fourth-order valence-corrected chi connectivity index (χ4v) is 1.92. The molecule has 3 nitrogen and oxygen atoms in total. The van der Waals surface area contributed by atoms with Gasteiger partial charge in [-0.1, -0.05) is 20.8 Å². The lowest BCUT2D eigenvalue weighted by molar-refractivity contribution is 0.181. The molecule has 0 bridgehead atoms. The third-order valence-corrected chi connectivity index (χ3v) is 3.15. The van der Waals surface area contributed by atoms with Crippen LogP contribution in [-0.2, 0) is 16.8 Å². The van der Waals surface area contributed by atoms with Gasteiger partial charge in [0.2, 0.25) is 0 Å². The predicted molar refractivity (Wildman–Crippen MR) is 56.2 cm³/mol. The molecular formula is C10H14N2OS. The summed E-state index contributed by atoms with van der Waals surface area (Å²) in [6, 6.07) is 2.15. The molecule has 0 aliphatic carbocycles. The van der Waals surface area contributed by atoms with Crippen LogP contribution in [0, 0.1) is 11.3 Å². The number of rotatable bonds is 2. The van der Waals surface area contributed by atoms with Gasteiger partial charge in [-0.2, -0.15) is 5.26 Å². The number of nitriles is 1. The van der Waals surface area contributed by atoms with Crippen LogP contribution in [0.4, 0.5) is 0 Å². The molecule has 14 heavy (non-hydrogen) atoms. The highest BCUT2D eigenvalue weighted by atomic mass is 32.1. The Labute approximate surface area is 88.4 Å². The second-order valence-electron chi connectivity index (χ2n) is 4.09. The van der Waals surface area contributed by atoms with Crippen LogP contribution in [0.5, 0.6) is 0 Å². The highest BCUT2D eigenvalue weighted by Gasteiger charge is 2.21. The van der Waals surface area contributed by atoms with E-state index in [4.69, 9.17) is 10.00 Å². The van der Waals surface area contributed by atoms with Crippen molar-refractivity contribution in [1.29, 1.82) is 5.26 Å². The number of nitrogens with zero attached hydrogens (tertiary/aromatic N) is 2. The molecule has 1 aromatic heterocycles. The molecule has 0 radical (unpaired) electrons. The summed E-state index contributed by atoms with van der Waals surface area (Å²) in [6.45, 7) is 6.67. The molecule has 0 spiro atoms. The number of ether oxygens (including phenoxy) is 1. The molecule has 0 fully saturated rings. The van der Waals surface area contributed by atoms with Crippen LogP contribution in [-0.4, -0.2) is 12.1 Å². The normalized spacial score (nSPS) is 11.4. The smallest absolute Gasteiger partial charge is 0.130 e. The van der Waals surface area contributed by atoms with Gasteiger partial charge in [0.25, 0.3) is 0 Å². The van der Waals surface area contributed by atoms with Gasteiger partial charge in [-0.25, -0.2) is 4.98 Å². The van der Waals surface area contributed by atoms with E-state index in [1.165, 1.54) is 11.3 Å². The highest BCUT2D eigenvalue weighted by molar-refractivity contribution is 7.12. The Morgan fingerprint density at radius 1 is 1.50 bits per heavy atom. The lowest BCUT2D eigenvalue weighted by Gasteiger charge is -2.13. The summed E-state index contributed by atoms with van der Waals surface area (Å²) >= 11 is 1.45. The SMILES string of the molecule is COCc1nc(C(C)(C)C)sc1C#N. The van der Waals surface area contributed by atoms with E-state index < -0.39 is 0 Å². The molecule has 0 amide bonds. The van der Waals surface area contributed by atoms with Gasteiger partial charge in [-0.15, -0.1) is 11.3 Å². The maximum atomic E-state index is 8.89. The van der Waals surface area contributed by atoms with Gasteiger partial charge in [-0.3, -0.25) is 0 Å². The van der Waals surface area contributed by atoms with Gasteiger partial charge in [0.1, 0.15) is 10.9 Å². The molecule has 0 saturated carbocycles. The molecule has 1 aromatic rings. The van der Waals surface area contributed by atoms with Crippen molar-refractivity contribution >= 4 is 11.3 Å². The Morgan fingerprint density at radius 3 is 2.57 bits per heavy atom. The van der Waals surface area contributed by atoms with Crippen molar-refractivity contribution in [3.63, 3.8) is 0 Å². The summed E-state index contributed by atoms with van der Waals surface area (Å²) in [7, 11) is 1.61. The van der Waals surface area contributed by atoms with E-state index in [9.17, 15) is 0 Å². The Kier molecular flexibility index (Phi) is 3.25. The fourth-order valence-electron chi connectivity index (χ4n) is 0.994. The van der Waals surface area contributed by atoms with Crippen molar-refractivity contribution < 1.29 is 4.74 Å². The number of thiazole rings is 1. The molecule has 0 unspecified atom stereocenters. The minimum atomic E-state index is 0.00224. The van der Waals surface area contributed by atoms with Gasteiger partial charge in [0, 0.05) is 12.5 Å². The van der Waals surface area contributed by atoms with Crippen LogP contribution in [0.25, 0.3) is 0 Å². The summed E-state index contributed by atoms with van der Waals surface area (Å²) in [4.78, 5) is 5.08. The molecule has 4 heteroatoms. The lowest BCUT2D eigenvalue weighted by atomic mass is 9.98. The van der Waals surface area contributed by atoms with Crippen molar-refractivity contribution in [3.05, 3.63) is 15.6 Å². The Balaban J connectivity index is 3.08. The predicted octanol–water partition coefficient (Wildman–Crippen LogP) is 2.46. The van der Waals surface area contributed by atoms with E-state index in [-0.39, 0.29) is 5.41 Å². The third kappa shape index (κ3) is 2.31.